The number of hydrogen-bond donors (Lipinski definition) is 4. The van der Waals surface area contributed by atoms with Crippen molar-refractivity contribution in [3.63, 3.8) is 0 Å². The molecular weight excluding hydrogens is 222 g/mol. The molecule has 1 amide bonds. The topological polar surface area (TPSA) is 89.8 Å². The first-order chi connectivity index (χ1) is 8.06. The molecule has 0 bridgehead atoms. The zero-order valence-corrected chi connectivity index (χ0v) is 9.68. The molecule has 1 aromatic carbocycles. The van der Waals surface area contributed by atoms with Crippen LogP contribution in [0.25, 0.3) is 0 Å². The quantitative estimate of drug-likeness (QED) is 0.616. The summed E-state index contributed by atoms with van der Waals surface area (Å²) in [6.45, 7) is 1.91. The number of amides is 1. The number of hydrogen-bond acceptors (Lipinski definition) is 4. The molecule has 0 saturated carbocycles. The number of carbonyl (C=O) groups is 1. The van der Waals surface area contributed by atoms with Gasteiger partial charge in [0.05, 0.1) is 0 Å². The number of phenolic OH excluding ortho intramolecular Hbond substituents is 2. The molecule has 0 aliphatic rings. The minimum atomic E-state index is -0.378. The number of aromatic hydroxyl groups is 2. The standard InChI is InChI=1S/C12H17NO4/c1-2-9(3-4-14)13-12(17)8-5-10(15)7-11(16)6-8/h5-7,9,14-16H,2-4H2,1H3,(H,13,17). The maximum absolute atomic E-state index is 11.8. The van der Waals surface area contributed by atoms with Gasteiger partial charge < -0.3 is 20.6 Å². The van der Waals surface area contributed by atoms with Gasteiger partial charge in [-0.25, -0.2) is 0 Å². The minimum absolute atomic E-state index is 0.00404. The Bertz CT molecular complexity index is 372. The van der Waals surface area contributed by atoms with Crippen LogP contribution in [0.15, 0.2) is 18.2 Å². The maximum atomic E-state index is 11.8. The van der Waals surface area contributed by atoms with Gasteiger partial charge in [0.2, 0.25) is 0 Å². The van der Waals surface area contributed by atoms with Crippen molar-refractivity contribution in [1.82, 2.24) is 5.32 Å². The lowest BCUT2D eigenvalue weighted by atomic mass is 10.1. The molecule has 0 spiro atoms. The molecule has 1 unspecified atom stereocenters. The second-order valence-corrected chi connectivity index (χ2v) is 3.83. The number of carbonyl (C=O) groups excluding carboxylic acids is 1. The third kappa shape index (κ3) is 3.96. The van der Waals surface area contributed by atoms with Gasteiger partial charge in [0.25, 0.3) is 5.91 Å². The van der Waals surface area contributed by atoms with Crippen molar-refractivity contribution in [2.45, 2.75) is 25.8 Å². The van der Waals surface area contributed by atoms with Crippen molar-refractivity contribution >= 4 is 5.91 Å². The third-order valence-corrected chi connectivity index (χ3v) is 2.47. The Kier molecular flexibility index (Phi) is 4.78. The van der Waals surface area contributed by atoms with E-state index in [-0.39, 0.29) is 35.6 Å². The molecule has 0 fully saturated rings. The zero-order valence-electron chi connectivity index (χ0n) is 9.68. The Morgan fingerprint density at radius 3 is 2.35 bits per heavy atom. The highest BCUT2D eigenvalue weighted by atomic mass is 16.3. The predicted molar refractivity (Wildman–Crippen MR) is 63.0 cm³/mol. The lowest BCUT2D eigenvalue weighted by Gasteiger charge is -2.15. The van der Waals surface area contributed by atoms with Crippen LogP contribution in [0, 0.1) is 0 Å². The summed E-state index contributed by atoms with van der Waals surface area (Å²) in [5.74, 6) is -0.702. The molecular formula is C12H17NO4. The fourth-order valence-electron chi connectivity index (χ4n) is 1.53. The van der Waals surface area contributed by atoms with Crippen molar-refractivity contribution in [2.75, 3.05) is 6.61 Å². The minimum Gasteiger partial charge on any atom is -0.508 e. The van der Waals surface area contributed by atoms with Gasteiger partial charge in [-0.05, 0) is 25.0 Å². The summed E-state index contributed by atoms with van der Waals surface area (Å²) in [6.07, 6.45) is 1.18. The Labute approximate surface area is 99.7 Å². The monoisotopic (exact) mass is 239 g/mol. The molecule has 0 radical (unpaired) electrons. The van der Waals surface area contributed by atoms with E-state index in [4.69, 9.17) is 5.11 Å². The van der Waals surface area contributed by atoms with E-state index in [0.717, 1.165) is 6.07 Å². The first-order valence-corrected chi connectivity index (χ1v) is 5.51. The van der Waals surface area contributed by atoms with Crippen LogP contribution in [0.3, 0.4) is 0 Å². The van der Waals surface area contributed by atoms with Crippen molar-refractivity contribution in [3.8, 4) is 11.5 Å². The predicted octanol–water partition coefficient (Wildman–Crippen LogP) is 0.989. The molecule has 17 heavy (non-hydrogen) atoms. The molecule has 0 aliphatic carbocycles. The maximum Gasteiger partial charge on any atom is 0.251 e. The number of phenols is 2. The molecule has 4 N–H and O–H groups in total. The molecule has 0 saturated heterocycles. The highest BCUT2D eigenvalue weighted by Gasteiger charge is 2.13. The van der Waals surface area contributed by atoms with Gasteiger partial charge in [-0.3, -0.25) is 4.79 Å². The van der Waals surface area contributed by atoms with Gasteiger partial charge in [-0.1, -0.05) is 6.92 Å². The summed E-state index contributed by atoms with van der Waals surface area (Å²) in [7, 11) is 0. The molecule has 5 nitrogen and oxygen atoms in total. The Morgan fingerprint density at radius 2 is 1.88 bits per heavy atom. The first kappa shape index (κ1) is 13.3. The number of nitrogens with one attached hydrogen (secondary N) is 1. The van der Waals surface area contributed by atoms with Crippen molar-refractivity contribution in [1.29, 1.82) is 0 Å². The summed E-state index contributed by atoms with van der Waals surface area (Å²) in [5, 5.41) is 30.0. The van der Waals surface area contributed by atoms with Gasteiger partial charge >= 0.3 is 0 Å². The number of benzene rings is 1. The van der Waals surface area contributed by atoms with Crippen molar-refractivity contribution in [2.24, 2.45) is 0 Å². The van der Waals surface area contributed by atoms with E-state index in [9.17, 15) is 15.0 Å². The van der Waals surface area contributed by atoms with E-state index in [1.165, 1.54) is 12.1 Å². The Hall–Kier alpha value is -1.75. The highest BCUT2D eigenvalue weighted by molar-refractivity contribution is 5.95. The molecule has 1 rings (SSSR count). The van der Waals surface area contributed by atoms with Crippen LogP contribution in [0.5, 0.6) is 11.5 Å². The molecule has 0 aliphatic heterocycles. The zero-order chi connectivity index (χ0) is 12.8. The molecule has 1 aromatic rings. The van der Waals surface area contributed by atoms with E-state index >= 15 is 0 Å². The normalized spacial score (nSPS) is 12.1. The molecule has 0 heterocycles. The molecule has 5 heteroatoms. The van der Waals surface area contributed by atoms with Crippen LogP contribution in [0.4, 0.5) is 0 Å². The average Bonchev–Trinajstić information content (AvgIpc) is 2.27. The van der Waals surface area contributed by atoms with Gasteiger partial charge in [0.15, 0.2) is 0 Å². The fraction of sp³-hybridized carbons (Fsp3) is 0.417. The van der Waals surface area contributed by atoms with Crippen LogP contribution < -0.4 is 5.32 Å². The summed E-state index contributed by atoms with van der Waals surface area (Å²) >= 11 is 0. The smallest absolute Gasteiger partial charge is 0.251 e. The molecule has 0 aromatic heterocycles. The lowest BCUT2D eigenvalue weighted by molar-refractivity contribution is 0.0928. The van der Waals surface area contributed by atoms with Crippen molar-refractivity contribution < 1.29 is 20.1 Å². The number of aliphatic hydroxyl groups is 1. The Morgan fingerprint density at radius 1 is 1.29 bits per heavy atom. The molecule has 1 atom stereocenters. The summed E-state index contributed by atoms with van der Waals surface area (Å²) in [6, 6.07) is 3.60. The van der Waals surface area contributed by atoms with Gasteiger partial charge in [-0.2, -0.15) is 0 Å². The summed E-state index contributed by atoms with van der Waals surface area (Å²) in [4.78, 5) is 11.8. The number of rotatable bonds is 5. The van der Waals surface area contributed by atoms with Crippen LogP contribution in [0.1, 0.15) is 30.1 Å². The SMILES string of the molecule is CCC(CCO)NC(=O)c1cc(O)cc(O)c1. The lowest BCUT2D eigenvalue weighted by Crippen LogP contribution is -2.35. The molecule has 94 valence electrons. The van der Waals surface area contributed by atoms with Crippen LogP contribution in [-0.2, 0) is 0 Å². The summed E-state index contributed by atoms with van der Waals surface area (Å²) < 4.78 is 0. The van der Waals surface area contributed by atoms with Gasteiger partial charge in [0, 0.05) is 24.3 Å². The number of aliphatic hydroxyl groups excluding tert-OH is 1. The van der Waals surface area contributed by atoms with Crippen LogP contribution in [0.2, 0.25) is 0 Å². The van der Waals surface area contributed by atoms with E-state index in [0.29, 0.717) is 12.8 Å². The highest BCUT2D eigenvalue weighted by Crippen LogP contribution is 2.20. The first-order valence-electron chi connectivity index (χ1n) is 5.51. The van der Waals surface area contributed by atoms with E-state index < -0.39 is 0 Å². The second-order valence-electron chi connectivity index (χ2n) is 3.83. The van der Waals surface area contributed by atoms with Gasteiger partial charge in [-0.15, -0.1) is 0 Å². The van der Waals surface area contributed by atoms with E-state index in [1.54, 1.807) is 0 Å². The van der Waals surface area contributed by atoms with E-state index in [2.05, 4.69) is 5.32 Å². The van der Waals surface area contributed by atoms with Crippen LogP contribution in [-0.4, -0.2) is 33.9 Å². The average molecular weight is 239 g/mol. The fourth-order valence-corrected chi connectivity index (χ4v) is 1.53. The van der Waals surface area contributed by atoms with Crippen molar-refractivity contribution in [3.05, 3.63) is 23.8 Å². The Balaban J connectivity index is 2.75. The largest absolute Gasteiger partial charge is 0.508 e. The van der Waals surface area contributed by atoms with Gasteiger partial charge in [0.1, 0.15) is 11.5 Å². The third-order valence-electron chi connectivity index (χ3n) is 2.47. The van der Waals surface area contributed by atoms with Crippen LogP contribution >= 0.6 is 0 Å². The van der Waals surface area contributed by atoms with E-state index in [1.807, 2.05) is 6.92 Å². The summed E-state index contributed by atoms with van der Waals surface area (Å²) in [5.41, 5.74) is 0.193. The second kappa shape index (κ2) is 6.10.